The topological polar surface area (TPSA) is 70.1 Å². The number of carboxylic acid groups (broad SMARTS) is 1. The Hall–Kier alpha value is -2.20. The monoisotopic (exact) mass is 434 g/mol. The molecule has 10 heteroatoms. The summed E-state index contributed by atoms with van der Waals surface area (Å²) in [7, 11) is 3.56. The predicted molar refractivity (Wildman–Crippen MR) is 100 cm³/mol. The van der Waals surface area contributed by atoms with E-state index in [-0.39, 0.29) is 23.4 Å². The fraction of sp³-hybridized carbons (Fsp3) is 0.600. The summed E-state index contributed by atoms with van der Waals surface area (Å²) in [6.45, 7) is 2.76. The van der Waals surface area contributed by atoms with Crippen molar-refractivity contribution in [1.82, 2.24) is 9.80 Å². The maximum absolute atomic E-state index is 13.0. The minimum Gasteiger partial charge on any atom is -0.475 e. The number of hydrogen-bond donors (Lipinski definition) is 1. The van der Waals surface area contributed by atoms with Crippen LogP contribution in [0.5, 0.6) is 0 Å². The summed E-state index contributed by atoms with van der Waals surface area (Å²) in [6, 6.07) is 6.71. The van der Waals surface area contributed by atoms with Crippen LogP contribution < -0.4 is 0 Å². The Bertz CT molecular complexity index is 729. The summed E-state index contributed by atoms with van der Waals surface area (Å²) in [5.74, 6) is -2.87. The van der Waals surface area contributed by atoms with Gasteiger partial charge in [0.05, 0.1) is 5.60 Å². The molecule has 2 aliphatic heterocycles. The zero-order valence-electron chi connectivity index (χ0n) is 16.9. The van der Waals surface area contributed by atoms with Gasteiger partial charge in [-0.25, -0.2) is 9.18 Å². The third-order valence-electron chi connectivity index (χ3n) is 5.30. The van der Waals surface area contributed by atoms with E-state index in [0.29, 0.717) is 0 Å². The average Bonchev–Trinajstić information content (AvgIpc) is 3.08. The van der Waals surface area contributed by atoms with Gasteiger partial charge in [0, 0.05) is 33.7 Å². The van der Waals surface area contributed by atoms with E-state index in [1.807, 2.05) is 12.1 Å². The number of likely N-dealkylation sites (tertiary alicyclic amines) is 1. The van der Waals surface area contributed by atoms with Gasteiger partial charge in [0.2, 0.25) is 0 Å². The number of carboxylic acids is 1. The Morgan fingerprint density at radius 3 is 2.17 bits per heavy atom. The van der Waals surface area contributed by atoms with Crippen molar-refractivity contribution in [3.63, 3.8) is 0 Å². The molecule has 6 nitrogen and oxygen atoms in total. The summed E-state index contributed by atoms with van der Waals surface area (Å²) < 4.78 is 50.9. The minimum atomic E-state index is -5.08. The highest BCUT2D eigenvalue weighted by Crippen LogP contribution is 2.39. The molecule has 2 fully saturated rings. The summed E-state index contributed by atoms with van der Waals surface area (Å²) in [5, 5.41) is 7.12. The molecule has 168 valence electrons. The fourth-order valence-electron chi connectivity index (χ4n) is 3.61. The molecule has 1 amide bonds. The Kier molecular flexibility index (Phi) is 7.81. The van der Waals surface area contributed by atoms with E-state index in [9.17, 15) is 22.4 Å². The molecule has 30 heavy (non-hydrogen) atoms. The van der Waals surface area contributed by atoms with Gasteiger partial charge in [0.25, 0.3) is 5.91 Å². The van der Waals surface area contributed by atoms with Crippen molar-refractivity contribution < 1.29 is 37.0 Å². The maximum Gasteiger partial charge on any atom is 0.490 e. The molecule has 2 heterocycles. The number of likely N-dealkylation sites (N-methyl/N-ethyl adjacent to an activating group) is 1. The highest BCUT2D eigenvalue weighted by molar-refractivity contribution is 5.80. The molecule has 1 aromatic carbocycles. The second-order valence-electron chi connectivity index (χ2n) is 7.77. The number of rotatable bonds is 3. The van der Waals surface area contributed by atoms with E-state index in [1.54, 1.807) is 19.0 Å². The molecule has 3 rings (SSSR count). The number of halogens is 4. The number of piperidine rings is 1. The Labute approximate surface area is 172 Å². The zero-order chi connectivity index (χ0) is 22.5. The normalized spacial score (nSPS) is 21.1. The first-order valence-corrected chi connectivity index (χ1v) is 9.58. The van der Waals surface area contributed by atoms with Gasteiger partial charge >= 0.3 is 12.1 Å². The molecule has 1 atom stereocenters. The van der Waals surface area contributed by atoms with Gasteiger partial charge in [0.15, 0.2) is 0 Å². The first-order chi connectivity index (χ1) is 13.9. The van der Waals surface area contributed by atoms with Crippen molar-refractivity contribution in [2.45, 2.75) is 50.1 Å². The zero-order valence-corrected chi connectivity index (χ0v) is 16.9. The predicted octanol–water partition coefficient (Wildman–Crippen LogP) is 3.06. The smallest absolute Gasteiger partial charge is 0.475 e. The molecule has 1 N–H and O–H groups in total. The number of ether oxygens (including phenoxy) is 1. The first-order valence-electron chi connectivity index (χ1n) is 9.58. The Balaban J connectivity index is 0.000000396. The molecule has 1 spiro atoms. The molecule has 1 unspecified atom stereocenters. The number of nitrogens with zero attached hydrogens (tertiary/aromatic N) is 2. The highest BCUT2D eigenvalue weighted by atomic mass is 19.4. The van der Waals surface area contributed by atoms with Gasteiger partial charge in [-0.1, -0.05) is 12.1 Å². The fourth-order valence-corrected chi connectivity index (χ4v) is 3.61. The molecule has 2 aliphatic rings. The summed E-state index contributed by atoms with van der Waals surface area (Å²) in [4.78, 5) is 25.0. The van der Waals surface area contributed by atoms with E-state index in [2.05, 4.69) is 4.90 Å². The van der Waals surface area contributed by atoms with Crippen molar-refractivity contribution in [1.29, 1.82) is 0 Å². The number of carbonyl (C=O) groups excluding carboxylic acids is 1. The highest BCUT2D eigenvalue weighted by Gasteiger charge is 2.45. The van der Waals surface area contributed by atoms with Crippen LogP contribution in [0.3, 0.4) is 0 Å². The molecule has 0 radical (unpaired) electrons. The number of alkyl halides is 3. The van der Waals surface area contributed by atoms with Gasteiger partial charge in [0.1, 0.15) is 11.9 Å². The van der Waals surface area contributed by atoms with Crippen LogP contribution in [0.25, 0.3) is 0 Å². The second-order valence-corrected chi connectivity index (χ2v) is 7.77. The third kappa shape index (κ3) is 6.66. The minimum absolute atomic E-state index is 0.0793. The maximum atomic E-state index is 13.0. The van der Waals surface area contributed by atoms with E-state index in [0.717, 1.165) is 50.9 Å². The molecular formula is C20H26F4N2O4. The van der Waals surface area contributed by atoms with E-state index < -0.39 is 12.1 Å². The summed E-state index contributed by atoms with van der Waals surface area (Å²) in [6.07, 6.45) is -1.62. The second kappa shape index (κ2) is 9.74. The van der Waals surface area contributed by atoms with Crippen LogP contribution in [0.1, 0.15) is 31.2 Å². The van der Waals surface area contributed by atoms with Crippen molar-refractivity contribution >= 4 is 11.9 Å². The SMILES string of the molecule is CN(C)C(=O)C1CCC2(CCN(Cc3ccc(F)cc3)CC2)O1.O=C(O)C(F)(F)F. The van der Waals surface area contributed by atoms with Gasteiger partial charge < -0.3 is 14.7 Å². The number of carbonyl (C=O) groups is 2. The van der Waals surface area contributed by atoms with Crippen LogP contribution in [0.15, 0.2) is 24.3 Å². The molecule has 0 saturated carbocycles. The van der Waals surface area contributed by atoms with E-state index >= 15 is 0 Å². The Morgan fingerprint density at radius 1 is 1.17 bits per heavy atom. The number of benzene rings is 1. The number of hydrogen-bond acceptors (Lipinski definition) is 4. The molecule has 0 aliphatic carbocycles. The van der Waals surface area contributed by atoms with Crippen LogP contribution >= 0.6 is 0 Å². The molecule has 2 saturated heterocycles. The quantitative estimate of drug-likeness (QED) is 0.741. The van der Waals surface area contributed by atoms with E-state index in [1.165, 1.54) is 12.1 Å². The van der Waals surface area contributed by atoms with Crippen molar-refractivity contribution in [2.24, 2.45) is 0 Å². The lowest BCUT2D eigenvalue weighted by atomic mass is 9.88. The summed E-state index contributed by atoms with van der Waals surface area (Å²) in [5.41, 5.74) is 1.02. The lowest BCUT2D eigenvalue weighted by Crippen LogP contribution is -2.45. The van der Waals surface area contributed by atoms with E-state index in [4.69, 9.17) is 14.6 Å². The van der Waals surface area contributed by atoms with Gasteiger partial charge in [-0.2, -0.15) is 13.2 Å². The summed E-state index contributed by atoms with van der Waals surface area (Å²) >= 11 is 0. The first kappa shape index (κ1) is 24.1. The van der Waals surface area contributed by atoms with Crippen LogP contribution in [-0.4, -0.2) is 71.8 Å². The lowest BCUT2D eigenvalue weighted by molar-refractivity contribution is -0.192. The van der Waals surface area contributed by atoms with Crippen molar-refractivity contribution in [3.05, 3.63) is 35.6 Å². The molecule has 0 aromatic heterocycles. The number of amides is 1. The van der Waals surface area contributed by atoms with Gasteiger partial charge in [-0.05, 0) is 43.4 Å². The van der Waals surface area contributed by atoms with Gasteiger partial charge in [-0.15, -0.1) is 0 Å². The van der Waals surface area contributed by atoms with Crippen molar-refractivity contribution in [3.8, 4) is 0 Å². The van der Waals surface area contributed by atoms with Gasteiger partial charge in [-0.3, -0.25) is 9.69 Å². The third-order valence-corrected chi connectivity index (χ3v) is 5.30. The largest absolute Gasteiger partial charge is 0.490 e. The van der Waals surface area contributed by atoms with Crippen LogP contribution in [0.2, 0.25) is 0 Å². The van der Waals surface area contributed by atoms with Crippen LogP contribution in [0, 0.1) is 5.82 Å². The standard InChI is InChI=1S/C18H25FN2O2.C2HF3O2/c1-20(2)17(22)16-7-8-18(23-16)9-11-21(12-10-18)13-14-3-5-15(19)6-4-14;3-2(4,5)1(6)7/h3-6,16H,7-13H2,1-2H3;(H,6,7). The average molecular weight is 434 g/mol. The molecular weight excluding hydrogens is 408 g/mol. The molecule has 1 aromatic rings. The number of aliphatic carboxylic acids is 1. The Morgan fingerprint density at radius 2 is 1.70 bits per heavy atom. The van der Waals surface area contributed by atoms with Crippen LogP contribution in [-0.2, 0) is 20.9 Å². The van der Waals surface area contributed by atoms with Crippen molar-refractivity contribution in [2.75, 3.05) is 27.2 Å². The lowest BCUT2D eigenvalue weighted by Gasteiger charge is -2.39. The van der Waals surface area contributed by atoms with Crippen LogP contribution in [0.4, 0.5) is 17.6 Å². The molecule has 0 bridgehead atoms.